The Morgan fingerprint density at radius 3 is 2.75 bits per heavy atom. The normalized spacial score (nSPS) is 16.6. The molecule has 0 aromatic carbocycles. The second-order valence-electron chi connectivity index (χ2n) is 3.95. The average molecular weight is 245 g/mol. The summed E-state index contributed by atoms with van der Waals surface area (Å²) in [6.07, 6.45) is 4.70. The highest BCUT2D eigenvalue weighted by molar-refractivity contribution is 7.98. The summed E-state index contributed by atoms with van der Waals surface area (Å²) in [6.45, 7) is 0.0301. The van der Waals surface area contributed by atoms with Gasteiger partial charge in [0.2, 0.25) is 11.8 Å². The lowest BCUT2D eigenvalue weighted by Gasteiger charge is -2.11. The molecule has 1 atom stereocenters. The number of amides is 2. The van der Waals surface area contributed by atoms with Crippen LogP contribution in [0.2, 0.25) is 0 Å². The molecule has 0 aromatic heterocycles. The van der Waals surface area contributed by atoms with E-state index in [2.05, 4.69) is 10.6 Å². The predicted octanol–water partition coefficient (Wildman–Crippen LogP) is -0.538. The van der Waals surface area contributed by atoms with Crippen LogP contribution in [0.1, 0.15) is 19.3 Å². The highest BCUT2D eigenvalue weighted by Crippen LogP contribution is 2.18. The van der Waals surface area contributed by atoms with E-state index >= 15 is 0 Å². The number of rotatable bonds is 7. The maximum Gasteiger partial charge on any atom is 0.239 e. The van der Waals surface area contributed by atoms with Crippen LogP contribution < -0.4 is 16.4 Å². The van der Waals surface area contributed by atoms with Gasteiger partial charge in [-0.25, -0.2) is 0 Å². The van der Waals surface area contributed by atoms with Crippen molar-refractivity contribution >= 4 is 23.6 Å². The number of carbonyl (C=O) groups is 2. The van der Waals surface area contributed by atoms with E-state index in [0.717, 1.165) is 18.6 Å². The Bertz CT molecular complexity index is 256. The molecular formula is C10H19N3O2S. The minimum absolute atomic E-state index is 0.0301. The van der Waals surface area contributed by atoms with Gasteiger partial charge >= 0.3 is 0 Å². The Morgan fingerprint density at radius 2 is 2.19 bits per heavy atom. The van der Waals surface area contributed by atoms with E-state index in [-0.39, 0.29) is 18.4 Å². The van der Waals surface area contributed by atoms with Crippen LogP contribution in [0.5, 0.6) is 0 Å². The first-order valence-electron chi connectivity index (χ1n) is 5.45. The van der Waals surface area contributed by atoms with Crippen LogP contribution in [0, 0.1) is 0 Å². The number of thioether (sulfide) groups is 1. The van der Waals surface area contributed by atoms with Crippen LogP contribution in [0.4, 0.5) is 0 Å². The number of hydrogen-bond acceptors (Lipinski definition) is 4. The van der Waals surface area contributed by atoms with Crippen molar-refractivity contribution in [2.45, 2.75) is 31.3 Å². The van der Waals surface area contributed by atoms with Crippen LogP contribution >= 0.6 is 11.8 Å². The van der Waals surface area contributed by atoms with Gasteiger partial charge < -0.3 is 16.4 Å². The van der Waals surface area contributed by atoms with E-state index in [9.17, 15) is 9.59 Å². The van der Waals surface area contributed by atoms with E-state index in [1.807, 2.05) is 6.26 Å². The largest absolute Gasteiger partial charge is 0.352 e. The monoisotopic (exact) mass is 245 g/mol. The van der Waals surface area contributed by atoms with E-state index in [4.69, 9.17) is 5.73 Å². The maximum atomic E-state index is 11.4. The molecule has 1 rings (SSSR count). The summed E-state index contributed by atoms with van der Waals surface area (Å²) in [5, 5.41) is 5.33. The minimum atomic E-state index is -0.513. The molecule has 0 radical (unpaired) electrons. The molecule has 92 valence electrons. The minimum Gasteiger partial charge on any atom is -0.352 e. The summed E-state index contributed by atoms with van der Waals surface area (Å²) in [5.41, 5.74) is 5.65. The molecule has 0 saturated heterocycles. The molecular weight excluding hydrogens is 226 g/mol. The highest BCUT2D eigenvalue weighted by Gasteiger charge is 2.23. The van der Waals surface area contributed by atoms with Crippen molar-refractivity contribution in [2.75, 3.05) is 18.6 Å². The highest BCUT2D eigenvalue weighted by atomic mass is 32.2. The first-order valence-corrected chi connectivity index (χ1v) is 6.84. The van der Waals surface area contributed by atoms with Gasteiger partial charge in [-0.05, 0) is 31.3 Å². The van der Waals surface area contributed by atoms with Crippen molar-refractivity contribution in [1.82, 2.24) is 10.6 Å². The summed E-state index contributed by atoms with van der Waals surface area (Å²) in [6, 6.07) is -0.184. The Kier molecular flexibility index (Phi) is 5.62. The molecule has 1 aliphatic carbocycles. The second kappa shape index (κ2) is 6.75. The summed E-state index contributed by atoms with van der Waals surface area (Å²) in [7, 11) is 0. The van der Waals surface area contributed by atoms with Gasteiger partial charge in [-0.3, -0.25) is 9.59 Å². The van der Waals surface area contributed by atoms with Gasteiger partial charge in [-0.1, -0.05) is 0 Å². The molecule has 2 amide bonds. The first kappa shape index (κ1) is 13.3. The Labute approximate surface area is 99.9 Å². The quantitative estimate of drug-likeness (QED) is 0.562. The Morgan fingerprint density at radius 1 is 1.50 bits per heavy atom. The third-order valence-electron chi connectivity index (χ3n) is 2.34. The van der Waals surface area contributed by atoms with Crippen molar-refractivity contribution in [3.05, 3.63) is 0 Å². The topological polar surface area (TPSA) is 84.2 Å². The first-order chi connectivity index (χ1) is 7.63. The number of hydrogen-bond donors (Lipinski definition) is 3. The molecule has 0 spiro atoms. The zero-order valence-corrected chi connectivity index (χ0v) is 10.3. The molecule has 0 unspecified atom stereocenters. The van der Waals surface area contributed by atoms with Gasteiger partial charge in [-0.15, -0.1) is 0 Å². The van der Waals surface area contributed by atoms with Crippen LogP contribution in [-0.2, 0) is 9.59 Å². The second-order valence-corrected chi connectivity index (χ2v) is 4.93. The number of carbonyl (C=O) groups excluding carboxylic acids is 2. The fraction of sp³-hybridized carbons (Fsp3) is 0.800. The molecule has 0 bridgehead atoms. The van der Waals surface area contributed by atoms with Gasteiger partial charge in [0.25, 0.3) is 0 Å². The van der Waals surface area contributed by atoms with Crippen molar-refractivity contribution in [3.63, 3.8) is 0 Å². The molecule has 5 nitrogen and oxygen atoms in total. The van der Waals surface area contributed by atoms with E-state index < -0.39 is 6.04 Å². The van der Waals surface area contributed by atoms with Crippen molar-refractivity contribution < 1.29 is 9.59 Å². The molecule has 1 saturated carbocycles. The van der Waals surface area contributed by atoms with Gasteiger partial charge in [0, 0.05) is 6.04 Å². The van der Waals surface area contributed by atoms with E-state index in [0.29, 0.717) is 12.5 Å². The Balaban J connectivity index is 2.09. The van der Waals surface area contributed by atoms with Crippen LogP contribution in [-0.4, -0.2) is 42.5 Å². The maximum absolute atomic E-state index is 11.4. The van der Waals surface area contributed by atoms with Crippen molar-refractivity contribution in [3.8, 4) is 0 Å². The van der Waals surface area contributed by atoms with Crippen LogP contribution in [0.25, 0.3) is 0 Å². The van der Waals surface area contributed by atoms with E-state index in [1.54, 1.807) is 11.8 Å². The zero-order valence-electron chi connectivity index (χ0n) is 9.49. The summed E-state index contributed by atoms with van der Waals surface area (Å²) >= 11 is 1.65. The molecule has 16 heavy (non-hydrogen) atoms. The fourth-order valence-electron chi connectivity index (χ4n) is 1.18. The smallest absolute Gasteiger partial charge is 0.239 e. The number of nitrogens with one attached hydrogen (secondary N) is 2. The summed E-state index contributed by atoms with van der Waals surface area (Å²) in [4.78, 5) is 22.7. The third-order valence-corrected chi connectivity index (χ3v) is 2.98. The zero-order chi connectivity index (χ0) is 12.0. The van der Waals surface area contributed by atoms with Gasteiger partial charge in [-0.2, -0.15) is 11.8 Å². The molecule has 0 aliphatic heterocycles. The Hall–Kier alpha value is -0.750. The van der Waals surface area contributed by atoms with Crippen LogP contribution in [0.3, 0.4) is 0 Å². The van der Waals surface area contributed by atoms with Gasteiger partial charge in [0.05, 0.1) is 12.6 Å². The van der Waals surface area contributed by atoms with Gasteiger partial charge in [0.15, 0.2) is 0 Å². The van der Waals surface area contributed by atoms with Crippen molar-refractivity contribution in [1.29, 1.82) is 0 Å². The fourth-order valence-corrected chi connectivity index (χ4v) is 1.67. The molecule has 0 aromatic rings. The number of nitrogens with two attached hydrogens (primary N) is 1. The SMILES string of the molecule is CSCC[C@H](N)C(=O)NCC(=O)NC1CC1. The van der Waals surface area contributed by atoms with E-state index in [1.165, 1.54) is 0 Å². The lowest BCUT2D eigenvalue weighted by molar-refractivity contribution is -0.126. The van der Waals surface area contributed by atoms with Crippen LogP contribution in [0.15, 0.2) is 0 Å². The third kappa shape index (κ3) is 5.37. The van der Waals surface area contributed by atoms with Crippen molar-refractivity contribution in [2.24, 2.45) is 5.73 Å². The summed E-state index contributed by atoms with van der Waals surface area (Å²) < 4.78 is 0. The van der Waals surface area contributed by atoms with Gasteiger partial charge in [0.1, 0.15) is 0 Å². The molecule has 0 heterocycles. The predicted molar refractivity (Wildman–Crippen MR) is 65.1 cm³/mol. The molecule has 4 N–H and O–H groups in total. The summed E-state index contributed by atoms with van der Waals surface area (Å²) in [5.74, 6) is 0.468. The molecule has 1 aliphatic rings. The standard InChI is InChI=1S/C10H19N3O2S/c1-16-5-4-8(11)10(15)12-6-9(14)13-7-2-3-7/h7-8H,2-6,11H2,1H3,(H,12,15)(H,13,14)/t8-/m0/s1. The average Bonchev–Trinajstić information content (AvgIpc) is 3.06. The molecule has 6 heteroatoms. The lowest BCUT2D eigenvalue weighted by Crippen LogP contribution is -2.45. The lowest BCUT2D eigenvalue weighted by atomic mass is 10.2. The molecule has 1 fully saturated rings.